The Morgan fingerprint density at radius 3 is 2.81 bits per heavy atom. The van der Waals surface area contributed by atoms with Gasteiger partial charge in [0.25, 0.3) is 0 Å². The summed E-state index contributed by atoms with van der Waals surface area (Å²) in [5, 5.41) is 0.719. The lowest BCUT2D eigenvalue weighted by atomic mass is 10.1. The molecule has 0 spiro atoms. The molecule has 1 heterocycles. The van der Waals surface area contributed by atoms with E-state index in [4.69, 9.17) is 17.3 Å². The monoisotopic (exact) mass is 235 g/mol. The van der Waals surface area contributed by atoms with Gasteiger partial charge in [-0.1, -0.05) is 29.8 Å². The fraction of sp³-hybridized carbons (Fsp3) is 0.250. The van der Waals surface area contributed by atoms with E-state index in [1.807, 2.05) is 31.2 Å². The Hall–Kier alpha value is -1.32. The number of aromatic amines is 1. The lowest BCUT2D eigenvalue weighted by Gasteiger charge is -2.00. The maximum Gasteiger partial charge on any atom is 0.108 e. The summed E-state index contributed by atoms with van der Waals surface area (Å²) in [6.07, 6.45) is 0.755. The number of hydrogen-bond donors (Lipinski definition) is 2. The van der Waals surface area contributed by atoms with Crippen molar-refractivity contribution in [3.8, 4) is 11.3 Å². The van der Waals surface area contributed by atoms with Crippen molar-refractivity contribution >= 4 is 11.6 Å². The number of halogens is 1. The average molecular weight is 236 g/mol. The fourth-order valence-electron chi connectivity index (χ4n) is 1.69. The minimum Gasteiger partial charge on any atom is -0.346 e. The smallest absolute Gasteiger partial charge is 0.108 e. The van der Waals surface area contributed by atoms with E-state index in [-0.39, 0.29) is 0 Å². The van der Waals surface area contributed by atoms with Crippen LogP contribution in [0, 0.1) is 6.92 Å². The molecule has 0 aliphatic rings. The van der Waals surface area contributed by atoms with Crippen molar-refractivity contribution in [1.29, 1.82) is 0 Å². The predicted molar refractivity (Wildman–Crippen MR) is 66.5 cm³/mol. The first-order chi connectivity index (χ1) is 7.72. The van der Waals surface area contributed by atoms with Gasteiger partial charge in [-0.2, -0.15) is 0 Å². The topological polar surface area (TPSA) is 54.7 Å². The van der Waals surface area contributed by atoms with E-state index in [0.29, 0.717) is 6.54 Å². The standard InChI is InChI=1S/C12H14ClN3/c1-8-12(16-11(15-8)6-7-14)9-4-2-3-5-10(9)13/h2-5H,6-7,14H2,1H3,(H,15,16). The minimum absolute atomic E-state index is 0.592. The van der Waals surface area contributed by atoms with E-state index in [9.17, 15) is 0 Å². The lowest BCUT2D eigenvalue weighted by Crippen LogP contribution is -2.03. The number of H-pyrrole nitrogens is 1. The second kappa shape index (κ2) is 4.68. The molecule has 4 heteroatoms. The van der Waals surface area contributed by atoms with Crippen LogP contribution in [-0.2, 0) is 6.42 Å². The van der Waals surface area contributed by atoms with Gasteiger partial charge in [-0.05, 0) is 19.5 Å². The number of aryl methyl sites for hydroxylation is 1. The van der Waals surface area contributed by atoms with Crippen molar-refractivity contribution in [1.82, 2.24) is 9.97 Å². The van der Waals surface area contributed by atoms with Crippen LogP contribution in [0.1, 0.15) is 11.5 Å². The number of nitrogens with zero attached hydrogens (tertiary/aromatic N) is 1. The highest BCUT2D eigenvalue weighted by Crippen LogP contribution is 2.28. The Kier molecular flexibility index (Phi) is 3.27. The van der Waals surface area contributed by atoms with Crippen molar-refractivity contribution in [2.75, 3.05) is 6.54 Å². The molecule has 1 aromatic carbocycles. The van der Waals surface area contributed by atoms with Gasteiger partial charge in [0.1, 0.15) is 5.82 Å². The minimum atomic E-state index is 0.592. The lowest BCUT2D eigenvalue weighted by molar-refractivity contribution is 0.891. The molecule has 84 valence electrons. The summed E-state index contributed by atoms with van der Waals surface area (Å²) in [5.41, 5.74) is 8.40. The number of rotatable bonds is 3. The van der Waals surface area contributed by atoms with Crippen molar-refractivity contribution < 1.29 is 0 Å². The summed E-state index contributed by atoms with van der Waals surface area (Å²) in [6.45, 7) is 2.58. The van der Waals surface area contributed by atoms with E-state index in [1.54, 1.807) is 0 Å². The number of nitrogens with one attached hydrogen (secondary N) is 1. The summed E-state index contributed by atoms with van der Waals surface area (Å²) in [5.74, 6) is 0.912. The van der Waals surface area contributed by atoms with E-state index in [1.165, 1.54) is 0 Å². The third-order valence-electron chi connectivity index (χ3n) is 2.44. The van der Waals surface area contributed by atoms with Gasteiger partial charge in [0.15, 0.2) is 0 Å². The first-order valence-corrected chi connectivity index (χ1v) is 5.60. The van der Waals surface area contributed by atoms with Gasteiger partial charge in [-0.15, -0.1) is 0 Å². The van der Waals surface area contributed by atoms with Crippen LogP contribution in [0.3, 0.4) is 0 Å². The van der Waals surface area contributed by atoms with Crippen LogP contribution >= 0.6 is 11.6 Å². The first kappa shape index (κ1) is 11.2. The zero-order chi connectivity index (χ0) is 11.5. The van der Waals surface area contributed by atoms with Gasteiger partial charge in [0.05, 0.1) is 10.7 Å². The molecule has 2 rings (SSSR count). The maximum atomic E-state index is 6.14. The maximum absolute atomic E-state index is 6.14. The normalized spacial score (nSPS) is 10.7. The molecule has 0 unspecified atom stereocenters. The number of imidazole rings is 1. The average Bonchev–Trinajstić information content (AvgIpc) is 2.61. The predicted octanol–water partition coefficient (Wildman–Crippen LogP) is 2.54. The van der Waals surface area contributed by atoms with Crippen LogP contribution in [-0.4, -0.2) is 16.5 Å². The van der Waals surface area contributed by atoms with Gasteiger partial charge >= 0.3 is 0 Å². The Balaban J connectivity index is 2.44. The Morgan fingerprint density at radius 1 is 1.38 bits per heavy atom. The number of benzene rings is 1. The zero-order valence-corrected chi connectivity index (χ0v) is 9.88. The molecule has 0 radical (unpaired) electrons. The number of nitrogens with two attached hydrogens (primary N) is 1. The molecular formula is C12H14ClN3. The quantitative estimate of drug-likeness (QED) is 0.859. The summed E-state index contributed by atoms with van der Waals surface area (Å²) in [7, 11) is 0. The molecule has 0 atom stereocenters. The molecule has 0 amide bonds. The first-order valence-electron chi connectivity index (χ1n) is 5.23. The highest BCUT2D eigenvalue weighted by Gasteiger charge is 2.10. The SMILES string of the molecule is Cc1[nH]c(CCN)nc1-c1ccccc1Cl. The molecule has 0 aliphatic heterocycles. The third-order valence-corrected chi connectivity index (χ3v) is 2.77. The van der Waals surface area contributed by atoms with Gasteiger partial charge in [0.2, 0.25) is 0 Å². The fourth-order valence-corrected chi connectivity index (χ4v) is 1.92. The zero-order valence-electron chi connectivity index (χ0n) is 9.13. The molecular weight excluding hydrogens is 222 g/mol. The molecule has 3 N–H and O–H groups in total. The van der Waals surface area contributed by atoms with E-state index >= 15 is 0 Å². The summed E-state index contributed by atoms with van der Waals surface area (Å²) < 4.78 is 0. The Labute approximate surface area is 99.7 Å². The molecule has 0 saturated heterocycles. The molecule has 0 saturated carbocycles. The second-order valence-electron chi connectivity index (χ2n) is 3.68. The molecule has 3 nitrogen and oxygen atoms in total. The summed E-state index contributed by atoms with van der Waals surface area (Å²) >= 11 is 6.14. The van der Waals surface area contributed by atoms with Crippen LogP contribution in [0.5, 0.6) is 0 Å². The van der Waals surface area contributed by atoms with E-state index in [2.05, 4.69) is 9.97 Å². The van der Waals surface area contributed by atoms with E-state index in [0.717, 1.165) is 34.2 Å². The summed E-state index contributed by atoms with van der Waals surface area (Å²) in [6, 6.07) is 7.71. The van der Waals surface area contributed by atoms with Gasteiger partial charge < -0.3 is 10.7 Å². The van der Waals surface area contributed by atoms with Crippen molar-refractivity contribution in [3.05, 3.63) is 40.8 Å². The highest BCUT2D eigenvalue weighted by molar-refractivity contribution is 6.33. The number of aromatic nitrogens is 2. The number of hydrogen-bond acceptors (Lipinski definition) is 2. The van der Waals surface area contributed by atoms with Gasteiger partial charge in [0, 0.05) is 17.7 Å². The van der Waals surface area contributed by atoms with Crippen LogP contribution in [0.4, 0.5) is 0 Å². The Morgan fingerprint density at radius 2 is 2.12 bits per heavy atom. The van der Waals surface area contributed by atoms with Crippen molar-refractivity contribution in [2.45, 2.75) is 13.3 Å². The molecule has 1 aromatic heterocycles. The molecule has 0 aliphatic carbocycles. The van der Waals surface area contributed by atoms with Crippen LogP contribution in [0.15, 0.2) is 24.3 Å². The van der Waals surface area contributed by atoms with Crippen LogP contribution in [0.2, 0.25) is 5.02 Å². The third kappa shape index (κ3) is 2.10. The Bertz CT molecular complexity index is 491. The van der Waals surface area contributed by atoms with Crippen molar-refractivity contribution in [2.24, 2.45) is 5.73 Å². The van der Waals surface area contributed by atoms with Crippen LogP contribution in [0.25, 0.3) is 11.3 Å². The van der Waals surface area contributed by atoms with Gasteiger partial charge in [-0.25, -0.2) is 4.98 Å². The van der Waals surface area contributed by atoms with Crippen LogP contribution < -0.4 is 5.73 Å². The largest absolute Gasteiger partial charge is 0.346 e. The van der Waals surface area contributed by atoms with Gasteiger partial charge in [-0.3, -0.25) is 0 Å². The molecule has 0 fully saturated rings. The molecule has 2 aromatic rings. The molecule has 16 heavy (non-hydrogen) atoms. The van der Waals surface area contributed by atoms with Crippen molar-refractivity contribution in [3.63, 3.8) is 0 Å². The van der Waals surface area contributed by atoms with E-state index < -0.39 is 0 Å². The summed E-state index contributed by atoms with van der Waals surface area (Å²) in [4.78, 5) is 7.73. The molecule has 0 bridgehead atoms. The second-order valence-corrected chi connectivity index (χ2v) is 4.08. The highest BCUT2D eigenvalue weighted by atomic mass is 35.5.